The lowest BCUT2D eigenvalue weighted by Gasteiger charge is -2.29. The second-order valence-electron chi connectivity index (χ2n) is 4.35. The van der Waals surface area contributed by atoms with Gasteiger partial charge in [-0.05, 0) is 31.3 Å². The molecule has 3 atom stereocenters. The Labute approximate surface area is 101 Å². The van der Waals surface area contributed by atoms with E-state index in [1.54, 1.807) is 11.8 Å². The maximum Gasteiger partial charge on any atom is 0.237 e. The summed E-state index contributed by atoms with van der Waals surface area (Å²) in [6, 6.07) is -0.539. The normalized spacial score (nSPS) is 27.4. The van der Waals surface area contributed by atoms with Gasteiger partial charge in [0.2, 0.25) is 5.91 Å². The fourth-order valence-corrected chi connectivity index (χ4v) is 2.43. The molecule has 0 aliphatic heterocycles. The molecule has 0 spiro atoms. The predicted octanol–water partition coefficient (Wildman–Crippen LogP) is 0.486. The number of amides is 1. The Hall–Kier alpha value is -0.260. The molecule has 0 saturated heterocycles. The number of hydrogen-bond donors (Lipinski definition) is 3. The SMILES string of the molecule is CSCC[C@@H](N)C(=O)N[C@H]1CCCC[C@@H]1O. The minimum atomic E-state index is -0.443. The van der Waals surface area contributed by atoms with E-state index in [0.717, 1.165) is 31.4 Å². The van der Waals surface area contributed by atoms with E-state index < -0.39 is 12.1 Å². The lowest BCUT2D eigenvalue weighted by atomic mass is 9.92. The molecule has 16 heavy (non-hydrogen) atoms. The molecule has 0 aromatic carbocycles. The van der Waals surface area contributed by atoms with Crippen molar-refractivity contribution in [3.63, 3.8) is 0 Å². The average molecular weight is 246 g/mol. The fourth-order valence-electron chi connectivity index (χ4n) is 1.95. The molecule has 1 amide bonds. The van der Waals surface area contributed by atoms with E-state index in [1.807, 2.05) is 6.26 Å². The van der Waals surface area contributed by atoms with Gasteiger partial charge in [0.1, 0.15) is 0 Å². The van der Waals surface area contributed by atoms with Crippen molar-refractivity contribution >= 4 is 17.7 Å². The number of thioether (sulfide) groups is 1. The highest BCUT2D eigenvalue weighted by atomic mass is 32.2. The third kappa shape index (κ3) is 4.31. The second kappa shape index (κ2) is 7.14. The van der Waals surface area contributed by atoms with Crippen molar-refractivity contribution in [2.75, 3.05) is 12.0 Å². The van der Waals surface area contributed by atoms with Crippen LogP contribution in [0.1, 0.15) is 32.1 Å². The van der Waals surface area contributed by atoms with Crippen LogP contribution in [0.5, 0.6) is 0 Å². The Balaban J connectivity index is 2.31. The second-order valence-corrected chi connectivity index (χ2v) is 5.34. The molecule has 0 aromatic heterocycles. The van der Waals surface area contributed by atoms with Gasteiger partial charge in [0.15, 0.2) is 0 Å². The average Bonchev–Trinajstić information content (AvgIpc) is 2.28. The molecule has 0 unspecified atom stereocenters. The minimum absolute atomic E-state index is 0.0958. The number of carbonyl (C=O) groups is 1. The first-order valence-electron chi connectivity index (χ1n) is 5.88. The number of nitrogens with one attached hydrogen (secondary N) is 1. The molecular weight excluding hydrogens is 224 g/mol. The van der Waals surface area contributed by atoms with E-state index in [-0.39, 0.29) is 11.9 Å². The van der Waals surface area contributed by atoms with E-state index >= 15 is 0 Å². The first kappa shape index (κ1) is 13.8. The third-order valence-corrected chi connectivity index (χ3v) is 3.67. The summed E-state index contributed by atoms with van der Waals surface area (Å²) in [5.74, 6) is 0.766. The molecule has 1 fully saturated rings. The zero-order valence-electron chi connectivity index (χ0n) is 9.82. The molecule has 1 aliphatic rings. The number of nitrogens with two attached hydrogens (primary N) is 1. The molecule has 0 bridgehead atoms. The molecule has 4 nitrogen and oxygen atoms in total. The Morgan fingerprint density at radius 3 is 2.88 bits per heavy atom. The van der Waals surface area contributed by atoms with Crippen LogP contribution in [-0.2, 0) is 4.79 Å². The molecule has 5 heteroatoms. The summed E-state index contributed by atoms with van der Waals surface area (Å²) >= 11 is 1.68. The molecular formula is C11H22N2O2S. The van der Waals surface area contributed by atoms with Crippen molar-refractivity contribution in [3.05, 3.63) is 0 Å². The van der Waals surface area contributed by atoms with Crippen molar-refractivity contribution in [1.29, 1.82) is 0 Å². The highest BCUT2D eigenvalue weighted by Gasteiger charge is 2.26. The molecule has 0 radical (unpaired) electrons. The topological polar surface area (TPSA) is 75.4 Å². The summed E-state index contributed by atoms with van der Waals surface area (Å²) in [4.78, 5) is 11.7. The van der Waals surface area contributed by atoms with Crippen LogP contribution in [0.25, 0.3) is 0 Å². The number of carbonyl (C=O) groups excluding carboxylic acids is 1. The number of aliphatic hydroxyl groups is 1. The van der Waals surface area contributed by atoms with Gasteiger partial charge in [0.05, 0.1) is 18.2 Å². The maximum atomic E-state index is 11.7. The predicted molar refractivity (Wildman–Crippen MR) is 67.4 cm³/mol. The fraction of sp³-hybridized carbons (Fsp3) is 0.909. The van der Waals surface area contributed by atoms with Crippen LogP contribution in [0.3, 0.4) is 0 Å². The monoisotopic (exact) mass is 246 g/mol. The van der Waals surface area contributed by atoms with Crippen molar-refractivity contribution in [1.82, 2.24) is 5.32 Å². The molecule has 1 aliphatic carbocycles. The van der Waals surface area contributed by atoms with E-state index in [9.17, 15) is 9.90 Å². The van der Waals surface area contributed by atoms with Gasteiger partial charge in [-0.3, -0.25) is 4.79 Å². The molecule has 1 saturated carbocycles. The molecule has 0 aromatic rings. The van der Waals surface area contributed by atoms with Crippen LogP contribution < -0.4 is 11.1 Å². The van der Waals surface area contributed by atoms with Crippen LogP contribution in [0, 0.1) is 0 Å². The quantitative estimate of drug-likeness (QED) is 0.660. The van der Waals surface area contributed by atoms with E-state index in [1.165, 1.54) is 0 Å². The van der Waals surface area contributed by atoms with Gasteiger partial charge < -0.3 is 16.2 Å². The highest BCUT2D eigenvalue weighted by molar-refractivity contribution is 7.98. The minimum Gasteiger partial charge on any atom is -0.391 e. The van der Waals surface area contributed by atoms with E-state index in [2.05, 4.69) is 5.32 Å². The largest absolute Gasteiger partial charge is 0.391 e. The zero-order valence-corrected chi connectivity index (χ0v) is 10.6. The Kier molecular flexibility index (Phi) is 6.16. The number of rotatable bonds is 5. The standard InChI is InChI=1S/C11H22N2O2S/c1-16-7-6-8(12)11(15)13-9-4-2-3-5-10(9)14/h8-10,14H,2-7,12H2,1H3,(H,13,15)/t8-,9+,10+/m1/s1. The molecule has 4 N–H and O–H groups in total. The third-order valence-electron chi connectivity index (χ3n) is 3.03. The van der Waals surface area contributed by atoms with Crippen LogP contribution in [0.4, 0.5) is 0 Å². The smallest absolute Gasteiger partial charge is 0.237 e. The van der Waals surface area contributed by atoms with Gasteiger partial charge in [0.25, 0.3) is 0 Å². The van der Waals surface area contributed by atoms with Crippen molar-refractivity contribution in [3.8, 4) is 0 Å². The molecule has 1 rings (SSSR count). The Morgan fingerprint density at radius 2 is 2.25 bits per heavy atom. The van der Waals surface area contributed by atoms with Gasteiger partial charge in [-0.25, -0.2) is 0 Å². The van der Waals surface area contributed by atoms with Crippen molar-refractivity contribution < 1.29 is 9.90 Å². The zero-order chi connectivity index (χ0) is 12.0. The first-order chi connectivity index (χ1) is 7.65. The van der Waals surface area contributed by atoms with Gasteiger partial charge in [-0.1, -0.05) is 12.8 Å². The lowest BCUT2D eigenvalue weighted by molar-refractivity contribution is -0.124. The number of hydrogen-bond acceptors (Lipinski definition) is 4. The summed E-state index contributed by atoms with van der Waals surface area (Å²) in [7, 11) is 0. The summed E-state index contributed by atoms with van der Waals surface area (Å²) < 4.78 is 0. The molecule has 0 heterocycles. The van der Waals surface area contributed by atoms with Gasteiger partial charge in [-0.2, -0.15) is 11.8 Å². The van der Waals surface area contributed by atoms with Crippen molar-refractivity contribution in [2.24, 2.45) is 5.73 Å². The highest BCUT2D eigenvalue weighted by Crippen LogP contribution is 2.18. The van der Waals surface area contributed by atoms with Crippen LogP contribution in [0.15, 0.2) is 0 Å². The van der Waals surface area contributed by atoms with E-state index in [0.29, 0.717) is 6.42 Å². The van der Waals surface area contributed by atoms with Crippen LogP contribution in [-0.4, -0.2) is 41.2 Å². The summed E-state index contributed by atoms with van der Waals surface area (Å²) in [5, 5.41) is 12.6. The van der Waals surface area contributed by atoms with Crippen LogP contribution in [0.2, 0.25) is 0 Å². The molecule has 94 valence electrons. The van der Waals surface area contributed by atoms with E-state index in [4.69, 9.17) is 5.73 Å². The Bertz CT molecular complexity index is 226. The van der Waals surface area contributed by atoms with Gasteiger partial charge in [0, 0.05) is 0 Å². The van der Waals surface area contributed by atoms with Crippen molar-refractivity contribution in [2.45, 2.75) is 50.3 Å². The Morgan fingerprint density at radius 1 is 1.56 bits per heavy atom. The lowest BCUT2D eigenvalue weighted by Crippen LogP contribution is -2.50. The van der Waals surface area contributed by atoms with Gasteiger partial charge in [-0.15, -0.1) is 0 Å². The summed E-state index contributed by atoms with van der Waals surface area (Å²) in [6.45, 7) is 0. The summed E-state index contributed by atoms with van der Waals surface area (Å²) in [6.07, 6.45) is 6.05. The first-order valence-corrected chi connectivity index (χ1v) is 7.27. The maximum absolute atomic E-state index is 11.7. The van der Waals surface area contributed by atoms with Gasteiger partial charge >= 0.3 is 0 Å². The number of aliphatic hydroxyl groups excluding tert-OH is 1. The van der Waals surface area contributed by atoms with Crippen LogP contribution >= 0.6 is 11.8 Å². The summed E-state index contributed by atoms with van der Waals surface area (Å²) in [5.41, 5.74) is 5.76.